The first kappa shape index (κ1) is 12.2. The van der Waals surface area contributed by atoms with Crippen LogP contribution in [0.5, 0.6) is 5.75 Å². The van der Waals surface area contributed by atoms with Crippen molar-refractivity contribution in [1.82, 2.24) is 0 Å². The Hall–Kier alpha value is -1.89. The van der Waals surface area contributed by atoms with Gasteiger partial charge in [0.1, 0.15) is 6.29 Å². The molecular weight excluding hydrogens is 214 g/mol. The van der Waals surface area contributed by atoms with Crippen molar-refractivity contribution in [2.75, 3.05) is 0 Å². The van der Waals surface area contributed by atoms with E-state index >= 15 is 0 Å². The summed E-state index contributed by atoms with van der Waals surface area (Å²) in [6.07, 6.45) is 5.48. The van der Waals surface area contributed by atoms with Crippen molar-refractivity contribution in [1.29, 1.82) is 0 Å². The van der Waals surface area contributed by atoms with E-state index in [0.29, 0.717) is 6.29 Å². The summed E-state index contributed by atoms with van der Waals surface area (Å²) in [5.74, 6) is -0.234. The highest BCUT2D eigenvalue weighted by atomic mass is 19.1. The average Bonchev–Trinajstić information content (AvgIpc) is 2.23. The molecule has 0 saturated heterocycles. The Morgan fingerprint density at radius 2 is 1.88 bits per heavy atom. The van der Waals surface area contributed by atoms with Crippen LogP contribution in [0.15, 0.2) is 12.1 Å². The quantitative estimate of drug-likeness (QED) is 0.582. The molecule has 0 aliphatic heterocycles. The van der Waals surface area contributed by atoms with Gasteiger partial charge in [-0.3, -0.25) is 4.79 Å². The molecule has 0 radical (unpaired) electrons. The van der Waals surface area contributed by atoms with Crippen LogP contribution in [0.3, 0.4) is 0 Å². The van der Waals surface area contributed by atoms with Crippen LogP contribution in [-0.2, 0) is 0 Å². The molecule has 16 heavy (non-hydrogen) atoms. The maximum atomic E-state index is 13.4. The fraction of sp³-hybridized carbons (Fsp3) is 0.250. The Balaban J connectivity index is 3.17. The third-order valence-electron chi connectivity index (χ3n) is 1.86. The zero-order valence-corrected chi connectivity index (χ0v) is 8.88. The fourth-order valence-corrected chi connectivity index (χ4v) is 1.03. The van der Waals surface area contributed by atoms with E-state index in [2.05, 4.69) is 5.92 Å². The van der Waals surface area contributed by atoms with E-state index in [0.717, 1.165) is 12.1 Å². The van der Waals surface area contributed by atoms with Gasteiger partial charge in [-0.05, 0) is 26.0 Å². The van der Waals surface area contributed by atoms with E-state index in [1.54, 1.807) is 0 Å². The molecule has 4 heteroatoms. The van der Waals surface area contributed by atoms with Crippen molar-refractivity contribution in [3.05, 3.63) is 29.3 Å². The van der Waals surface area contributed by atoms with Gasteiger partial charge in [0.2, 0.25) is 0 Å². The van der Waals surface area contributed by atoms with Gasteiger partial charge in [0.05, 0.1) is 0 Å². The summed E-state index contributed by atoms with van der Waals surface area (Å²) >= 11 is 0. The van der Waals surface area contributed by atoms with Crippen LogP contribution in [0, 0.1) is 24.0 Å². The Morgan fingerprint density at radius 3 is 2.25 bits per heavy atom. The minimum atomic E-state index is -1.12. The number of benzene rings is 1. The Labute approximate surface area is 92.2 Å². The maximum Gasteiger partial charge on any atom is 0.192 e. The van der Waals surface area contributed by atoms with E-state index in [1.807, 2.05) is 0 Å². The first-order valence-corrected chi connectivity index (χ1v) is 4.50. The Kier molecular flexibility index (Phi) is 3.28. The zero-order chi connectivity index (χ0) is 12.3. The number of terminal acetylenes is 1. The zero-order valence-electron chi connectivity index (χ0n) is 8.88. The molecule has 0 N–H and O–H groups in total. The molecule has 0 amide bonds. The summed E-state index contributed by atoms with van der Waals surface area (Å²) in [5, 5.41) is 0. The van der Waals surface area contributed by atoms with Crippen molar-refractivity contribution in [2.24, 2.45) is 0 Å². The maximum absolute atomic E-state index is 13.4. The molecule has 0 saturated carbocycles. The highest BCUT2D eigenvalue weighted by Crippen LogP contribution is 2.26. The lowest BCUT2D eigenvalue weighted by Gasteiger charge is -2.20. The number of halogens is 2. The van der Waals surface area contributed by atoms with E-state index in [1.165, 1.54) is 13.8 Å². The van der Waals surface area contributed by atoms with Gasteiger partial charge in [0.25, 0.3) is 0 Å². The highest BCUT2D eigenvalue weighted by Gasteiger charge is 2.21. The van der Waals surface area contributed by atoms with E-state index in [-0.39, 0.29) is 5.56 Å². The average molecular weight is 224 g/mol. The van der Waals surface area contributed by atoms with Crippen molar-refractivity contribution >= 4 is 6.29 Å². The lowest BCUT2D eigenvalue weighted by atomic mass is 10.1. The molecule has 1 aromatic carbocycles. The van der Waals surface area contributed by atoms with Crippen LogP contribution in [0.1, 0.15) is 24.2 Å². The molecular formula is C12H10F2O2. The van der Waals surface area contributed by atoms with Gasteiger partial charge >= 0.3 is 0 Å². The molecule has 0 fully saturated rings. The minimum Gasteiger partial charge on any atom is -0.469 e. The Bertz CT molecular complexity index is 436. The SMILES string of the molecule is C#CC(C)(C)Oc1c(F)cc(C=O)cc1F. The molecule has 0 unspecified atom stereocenters. The molecule has 0 heterocycles. The van der Waals surface area contributed by atoms with E-state index < -0.39 is 23.0 Å². The van der Waals surface area contributed by atoms with Crippen LogP contribution in [0.2, 0.25) is 0 Å². The highest BCUT2D eigenvalue weighted by molar-refractivity contribution is 5.75. The monoisotopic (exact) mass is 224 g/mol. The van der Waals surface area contributed by atoms with Crippen LogP contribution in [0.4, 0.5) is 8.78 Å². The molecule has 2 nitrogen and oxygen atoms in total. The Morgan fingerprint density at radius 1 is 1.38 bits per heavy atom. The largest absolute Gasteiger partial charge is 0.469 e. The molecule has 84 valence electrons. The van der Waals surface area contributed by atoms with Crippen molar-refractivity contribution in [3.8, 4) is 18.1 Å². The first-order chi connectivity index (χ1) is 7.39. The van der Waals surface area contributed by atoms with Crippen molar-refractivity contribution < 1.29 is 18.3 Å². The number of rotatable bonds is 3. The molecule has 0 bridgehead atoms. The lowest BCUT2D eigenvalue weighted by Crippen LogP contribution is -2.26. The number of ether oxygens (including phenoxy) is 1. The normalized spacial score (nSPS) is 10.7. The number of hydrogen-bond acceptors (Lipinski definition) is 2. The third-order valence-corrected chi connectivity index (χ3v) is 1.86. The molecule has 0 aliphatic rings. The van der Waals surface area contributed by atoms with E-state index in [4.69, 9.17) is 11.2 Å². The van der Waals surface area contributed by atoms with Gasteiger partial charge in [0.15, 0.2) is 23.0 Å². The lowest BCUT2D eigenvalue weighted by molar-refractivity contribution is 0.112. The van der Waals surface area contributed by atoms with Crippen LogP contribution >= 0.6 is 0 Å². The predicted molar refractivity (Wildman–Crippen MR) is 55.3 cm³/mol. The minimum absolute atomic E-state index is 0.0964. The summed E-state index contributed by atoms with van der Waals surface area (Å²) in [5.41, 5.74) is -1.22. The van der Waals surface area contributed by atoms with Gasteiger partial charge in [-0.25, -0.2) is 8.78 Å². The van der Waals surface area contributed by atoms with Gasteiger partial charge in [0, 0.05) is 5.56 Å². The molecule has 0 spiro atoms. The summed E-state index contributed by atoms with van der Waals surface area (Å²) in [6, 6.07) is 1.77. The fourth-order valence-electron chi connectivity index (χ4n) is 1.03. The second-order valence-electron chi connectivity index (χ2n) is 3.69. The van der Waals surface area contributed by atoms with Gasteiger partial charge < -0.3 is 4.74 Å². The number of hydrogen-bond donors (Lipinski definition) is 0. The number of carbonyl (C=O) groups is 1. The molecule has 1 aromatic rings. The number of aldehydes is 1. The van der Waals surface area contributed by atoms with E-state index in [9.17, 15) is 13.6 Å². The topological polar surface area (TPSA) is 26.3 Å². The van der Waals surface area contributed by atoms with Gasteiger partial charge in [-0.15, -0.1) is 6.42 Å². The van der Waals surface area contributed by atoms with Crippen molar-refractivity contribution in [3.63, 3.8) is 0 Å². The third kappa shape index (κ3) is 2.57. The molecule has 1 rings (SSSR count). The molecule has 0 atom stereocenters. The summed E-state index contributed by atoms with van der Waals surface area (Å²) in [6.45, 7) is 3.00. The second-order valence-corrected chi connectivity index (χ2v) is 3.69. The van der Waals surface area contributed by atoms with Crippen LogP contribution < -0.4 is 4.74 Å². The summed E-state index contributed by atoms with van der Waals surface area (Å²) < 4.78 is 31.8. The smallest absolute Gasteiger partial charge is 0.192 e. The number of carbonyl (C=O) groups excluding carboxylic acids is 1. The van der Waals surface area contributed by atoms with Crippen LogP contribution in [0.25, 0.3) is 0 Å². The van der Waals surface area contributed by atoms with Crippen molar-refractivity contribution in [2.45, 2.75) is 19.4 Å². The van der Waals surface area contributed by atoms with Gasteiger partial charge in [-0.1, -0.05) is 5.92 Å². The van der Waals surface area contributed by atoms with Gasteiger partial charge in [-0.2, -0.15) is 0 Å². The molecule has 0 aromatic heterocycles. The summed E-state index contributed by atoms with van der Waals surface area (Å²) in [7, 11) is 0. The second kappa shape index (κ2) is 4.31. The summed E-state index contributed by atoms with van der Waals surface area (Å²) in [4.78, 5) is 10.4. The molecule has 0 aliphatic carbocycles. The predicted octanol–water partition coefficient (Wildman–Crippen LogP) is 2.57. The first-order valence-electron chi connectivity index (χ1n) is 4.50. The van der Waals surface area contributed by atoms with Crippen LogP contribution in [-0.4, -0.2) is 11.9 Å². The standard InChI is InChI=1S/C12H10F2O2/c1-4-12(2,3)16-11-9(13)5-8(7-15)6-10(11)14/h1,5-7H,2-3H3.